The molecule has 66 valence electrons. The van der Waals surface area contributed by atoms with Crippen LogP contribution in [0.25, 0.3) is 0 Å². The molecule has 0 aromatic carbocycles. The van der Waals surface area contributed by atoms with Gasteiger partial charge in [-0.15, -0.1) is 0 Å². The van der Waals surface area contributed by atoms with Gasteiger partial charge in [-0.25, -0.2) is 0 Å². The lowest BCUT2D eigenvalue weighted by atomic mass is 10.2. The van der Waals surface area contributed by atoms with Gasteiger partial charge in [0.1, 0.15) is 0 Å². The number of aliphatic hydroxyl groups is 2. The lowest BCUT2D eigenvalue weighted by Crippen LogP contribution is -2.37. The normalized spacial score (nSPS) is 40.9. The number of ether oxygens (including phenoxy) is 1. The summed E-state index contributed by atoms with van der Waals surface area (Å²) in [4.78, 5) is 0. The third-order valence-electron chi connectivity index (χ3n) is 1.26. The summed E-state index contributed by atoms with van der Waals surface area (Å²) < 4.78 is 50.7. The number of aliphatic hydroxyl groups excluding tert-OH is 2. The number of hydrogen-bond acceptors (Lipinski definition) is 3. The van der Waals surface area contributed by atoms with Crippen molar-refractivity contribution in [3.63, 3.8) is 0 Å². The van der Waals surface area contributed by atoms with Crippen LogP contribution in [0.3, 0.4) is 0 Å². The first kappa shape index (κ1) is 8.69. The van der Waals surface area contributed by atoms with E-state index in [1.54, 1.807) is 0 Å². The van der Waals surface area contributed by atoms with Gasteiger partial charge in [0.05, 0.1) is 0 Å². The van der Waals surface area contributed by atoms with Crippen molar-refractivity contribution in [1.82, 2.24) is 0 Å². The molecule has 3 nitrogen and oxygen atoms in total. The smallest absolute Gasteiger partial charge is 0.381 e. The summed E-state index contributed by atoms with van der Waals surface area (Å²) in [7, 11) is 0. The maximum absolute atomic E-state index is 12.0. The molecule has 1 aliphatic rings. The quantitative estimate of drug-likeness (QED) is 0.507. The van der Waals surface area contributed by atoms with E-state index in [-0.39, 0.29) is 0 Å². The van der Waals surface area contributed by atoms with Gasteiger partial charge < -0.3 is 10.2 Å². The monoisotopic (exact) mass is 176 g/mol. The van der Waals surface area contributed by atoms with Crippen LogP contribution in [0.4, 0.5) is 17.6 Å². The van der Waals surface area contributed by atoms with Crippen LogP contribution in [0.5, 0.6) is 0 Å². The lowest BCUT2D eigenvalue weighted by molar-refractivity contribution is -0.346. The summed E-state index contributed by atoms with van der Waals surface area (Å²) in [5, 5.41) is 16.5. The molecule has 1 aliphatic heterocycles. The van der Waals surface area contributed by atoms with Gasteiger partial charge in [0, 0.05) is 0 Å². The van der Waals surface area contributed by atoms with E-state index >= 15 is 0 Å². The standard InChI is InChI=1S/C4H4F4O3/c5-3(6)1(9)2(10)4(7,8)11-3/h1-2,9-10H/t1-,2-/m1/s1. The predicted octanol–water partition coefficient (Wildman–Crippen LogP) is -0.0760. The minimum Gasteiger partial charge on any atom is -0.381 e. The van der Waals surface area contributed by atoms with Crippen LogP contribution in [0.1, 0.15) is 0 Å². The molecule has 0 aromatic rings. The van der Waals surface area contributed by atoms with Crippen LogP contribution < -0.4 is 0 Å². The highest BCUT2D eigenvalue weighted by molar-refractivity contribution is 4.89. The topological polar surface area (TPSA) is 49.7 Å². The van der Waals surface area contributed by atoms with Crippen molar-refractivity contribution in [2.24, 2.45) is 0 Å². The Morgan fingerprint density at radius 2 is 1.18 bits per heavy atom. The predicted molar refractivity (Wildman–Crippen MR) is 23.0 cm³/mol. The molecule has 1 heterocycles. The van der Waals surface area contributed by atoms with Crippen molar-refractivity contribution >= 4 is 0 Å². The Bertz CT molecular complexity index is 153. The summed E-state index contributed by atoms with van der Waals surface area (Å²) in [6, 6.07) is 0. The Hall–Kier alpha value is -0.400. The number of halogens is 4. The summed E-state index contributed by atoms with van der Waals surface area (Å²) in [5.41, 5.74) is 0. The SMILES string of the molecule is O[C@@H]1[C@@H](O)C(F)(F)OC1(F)F. The second kappa shape index (κ2) is 2.05. The molecule has 0 spiro atoms. The number of alkyl halides is 4. The zero-order valence-electron chi connectivity index (χ0n) is 4.97. The molecule has 7 heteroatoms. The average Bonchev–Trinajstić information content (AvgIpc) is 1.91. The van der Waals surface area contributed by atoms with E-state index in [0.717, 1.165) is 0 Å². The first-order chi connectivity index (χ1) is 4.77. The second-order valence-corrected chi connectivity index (χ2v) is 2.12. The van der Waals surface area contributed by atoms with Crippen molar-refractivity contribution in [2.45, 2.75) is 24.4 Å². The highest BCUT2D eigenvalue weighted by Crippen LogP contribution is 2.42. The summed E-state index contributed by atoms with van der Waals surface area (Å²) in [5.74, 6) is 0. The van der Waals surface area contributed by atoms with Crippen LogP contribution >= 0.6 is 0 Å². The second-order valence-electron chi connectivity index (χ2n) is 2.12. The van der Waals surface area contributed by atoms with Crippen molar-refractivity contribution in [3.8, 4) is 0 Å². The van der Waals surface area contributed by atoms with Gasteiger partial charge >= 0.3 is 12.2 Å². The van der Waals surface area contributed by atoms with Gasteiger partial charge in [0.2, 0.25) is 0 Å². The van der Waals surface area contributed by atoms with E-state index in [1.165, 1.54) is 0 Å². The molecular formula is C4H4F4O3. The fourth-order valence-corrected chi connectivity index (χ4v) is 0.670. The first-order valence-corrected chi connectivity index (χ1v) is 2.59. The van der Waals surface area contributed by atoms with Crippen molar-refractivity contribution in [3.05, 3.63) is 0 Å². The molecule has 1 fully saturated rings. The van der Waals surface area contributed by atoms with E-state index in [2.05, 4.69) is 4.74 Å². The van der Waals surface area contributed by atoms with E-state index in [4.69, 9.17) is 10.2 Å². The molecule has 0 unspecified atom stereocenters. The van der Waals surface area contributed by atoms with Gasteiger partial charge in [0.15, 0.2) is 12.2 Å². The minimum absolute atomic E-state index is 2.79. The third-order valence-corrected chi connectivity index (χ3v) is 1.26. The summed E-state index contributed by atoms with van der Waals surface area (Å²) >= 11 is 0. The molecule has 0 aromatic heterocycles. The van der Waals surface area contributed by atoms with Crippen LogP contribution in [0, 0.1) is 0 Å². The maximum atomic E-state index is 12.0. The van der Waals surface area contributed by atoms with Crippen LogP contribution in [-0.2, 0) is 4.74 Å². The molecule has 2 atom stereocenters. The Morgan fingerprint density at radius 1 is 0.909 bits per heavy atom. The zero-order chi connectivity index (χ0) is 8.86. The Morgan fingerprint density at radius 3 is 1.27 bits per heavy atom. The molecule has 1 rings (SSSR count). The molecule has 0 amide bonds. The Balaban J connectivity index is 2.86. The Labute approximate surface area is 58.2 Å². The van der Waals surface area contributed by atoms with Gasteiger partial charge in [-0.1, -0.05) is 0 Å². The molecule has 1 saturated heterocycles. The van der Waals surface area contributed by atoms with Gasteiger partial charge in [0.25, 0.3) is 0 Å². The fourth-order valence-electron chi connectivity index (χ4n) is 0.670. The highest BCUT2D eigenvalue weighted by atomic mass is 19.3. The zero-order valence-corrected chi connectivity index (χ0v) is 4.97. The largest absolute Gasteiger partial charge is 0.389 e. The minimum atomic E-state index is -4.39. The van der Waals surface area contributed by atoms with E-state index < -0.39 is 24.4 Å². The van der Waals surface area contributed by atoms with Crippen LogP contribution in [-0.4, -0.2) is 34.6 Å². The first-order valence-electron chi connectivity index (χ1n) is 2.59. The van der Waals surface area contributed by atoms with Gasteiger partial charge in [-0.3, -0.25) is 4.74 Å². The summed E-state index contributed by atoms with van der Waals surface area (Å²) in [6.45, 7) is 0. The average molecular weight is 176 g/mol. The molecule has 0 saturated carbocycles. The van der Waals surface area contributed by atoms with E-state index in [0.29, 0.717) is 0 Å². The Kier molecular flexibility index (Phi) is 1.62. The van der Waals surface area contributed by atoms with Gasteiger partial charge in [-0.05, 0) is 0 Å². The van der Waals surface area contributed by atoms with Crippen LogP contribution in [0.15, 0.2) is 0 Å². The molecular weight excluding hydrogens is 172 g/mol. The molecule has 0 bridgehead atoms. The molecule has 11 heavy (non-hydrogen) atoms. The molecule has 2 N–H and O–H groups in total. The van der Waals surface area contributed by atoms with Crippen molar-refractivity contribution < 1.29 is 32.5 Å². The molecule has 0 aliphatic carbocycles. The van der Waals surface area contributed by atoms with Crippen molar-refractivity contribution in [2.75, 3.05) is 0 Å². The molecule has 0 radical (unpaired) electrons. The van der Waals surface area contributed by atoms with Crippen LogP contribution in [0.2, 0.25) is 0 Å². The fraction of sp³-hybridized carbons (Fsp3) is 1.00. The number of rotatable bonds is 0. The maximum Gasteiger partial charge on any atom is 0.389 e. The number of hydrogen-bond donors (Lipinski definition) is 2. The highest BCUT2D eigenvalue weighted by Gasteiger charge is 2.66. The third kappa shape index (κ3) is 1.19. The summed E-state index contributed by atoms with van der Waals surface area (Å²) in [6.07, 6.45) is -14.5. The van der Waals surface area contributed by atoms with Gasteiger partial charge in [-0.2, -0.15) is 17.6 Å². The van der Waals surface area contributed by atoms with E-state index in [9.17, 15) is 17.6 Å². The van der Waals surface area contributed by atoms with E-state index in [1.807, 2.05) is 0 Å². The van der Waals surface area contributed by atoms with Crippen molar-refractivity contribution in [1.29, 1.82) is 0 Å². The lowest BCUT2D eigenvalue weighted by Gasteiger charge is -2.10.